The smallest absolute Gasteiger partial charge is 0.258 e. The Kier molecular flexibility index (Phi) is 5.58. The summed E-state index contributed by atoms with van der Waals surface area (Å²) >= 11 is 0. The minimum atomic E-state index is -0.287. The van der Waals surface area contributed by atoms with E-state index in [1.807, 2.05) is 24.3 Å². The highest BCUT2D eigenvalue weighted by molar-refractivity contribution is 5.90. The molecule has 0 fully saturated rings. The molecule has 0 spiro atoms. The van der Waals surface area contributed by atoms with Crippen molar-refractivity contribution >= 4 is 17.5 Å². The molecule has 7 nitrogen and oxygen atoms in total. The lowest BCUT2D eigenvalue weighted by atomic mass is 10.2. The quantitative estimate of drug-likeness (QED) is 0.827. The Morgan fingerprint density at radius 2 is 1.85 bits per heavy atom. The molecule has 2 N–H and O–H groups in total. The van der Waals surface area contributed by atoms with Crippen molar-refractivity contribution in [2.75, 3.05) is 25.1 Å². The van der Waals surface area contributed by atoms with Crippen molar-refractivity contribution in [3.63, 3.8) is 0 Å². The van der Waals surface area contributed by atoms with Crippen LogP contribution in [0.15, 0.2) is 48.5 Å². The summed E-state index contributed by atoms with van der Waals surface area (Å²) in [5.74, 6) is 1.31. The van der Waals surface area contributed by atoms with Crippen molar-refractivity contribution in [2.45, 2.75) is 13.0 Å². The lowest BCUT2D eigenvalue weighted by molar-refractivity contribution is -0.123. The molecule has 2 amide bonds. The highest BCUT2D eigenvalue weighted by Crippen LogP contribution is 2.30. The van der Waals surface area contributed by atoms with E-state index in [2.05, 4.69) is 10.6 Å². The number of benzene rings is 2. The molecule has 3 rings (SSSR count). The van der Waals surface area contributed by atoms with Gasteiger partial charge >= 0.3 is 0 Å². The molecule has 136 valence electrons. The van der Waals surface area contributed by atoms with E-state index >= 15 is 0 Å². The minimum absolute atomic E-state index is 0.166. The van der Waals surface area contributed by atoms with Crippen LogP contribution in [0, 0.1) is 0 Å². The lowest BCUT2D eigenvalue weighted by Gasteiger charge is -2.26. The summed E-state index contributed by atoms with van der Waals surface area (Å²) in [4.78, 5) is 23.2. The molecule has 2 aromatic carbocycles. The Bertz CT molecular complexity index is 793. The van der Waals surface area contributed by atoms with Crippen LogP contribution in [0.1, 0.15) is 6.92 Å². The van der Waals surface area contributed by atoms with E-state index in [1.165, 1.54) is 6.92 Å². The summed E-state index contributed by atoms with van der Waals surface area (Å²) in [5.41, 5.74) is 0.522. The van der Waals surface area contributed by atoms with Crippen LogP contribution < -0.4 is 24.8 Å². The minimum Gasteiger partial charge on any atom is -0.486 e. The maximum Gasteiger partial charge on any atom is 0.258 e. The average Bonchev–Trinajstić information content (AvgIpc) is 2.65. The number of ether oxygens (including phenoxy) is 3. The van der Waals surface area contributed by atoms with Gasteiger partial charge < -0.3 is 24.8 Å². The van der Waals surface area contributed by atoms with E-state index in [9.17, 15) is 9.59 Å². The van der Waals surface area contributed by atoms with E-state index < -0.39 is 0 Å². The largest absolute Gasteiger partial charge is 0.486 e. The second-order valence-electron chi connectivity index (χ2n) is 5.77. The third-order valence-corrected chi connectivity index (χ3v) is 3.65. The number of anilines is 1. The predicted molar refractivity (Wildman–Crippen MR) is 95.6 cm³/mol. The molecule has 0 unspecified atom stereocenters. The number of carbonyl (C=O) groups is 2. The van der Waals surface area contributed by atoms with Crippen LogP contribution in [0.25, 0.3) is 0 Å². The van der Waals surface area contributed by atoms with E-state index in [0.717, 1.165) is 0 Å². The van der Waals surface area contributed by atoms with Gasteiger partial charge in [0, 0.05) is 6.92 Å². The van der Waals surface area contributed by atoms with Crippen molar-refractivity contribution in [3.05, 3.63) is 48.5 Å². The monoisotopic (exact) mass is 356 g/mol. The van der Waals surface area contributed by atoms with Crippen LogP contribution in [-0.4, -0.2) is 37.7 Å². The number of hydrogen-bond donors (Lipinski definition) is 2. The van der Waals surface area contributed by atoms with Gasteiger partial charge in [-0.15, -0.1) is 0 Å². The molecule has 2 aromatic rings. The highest BCUT2D eigenvalue weighted by atomic mass is 16.6. The summed E-state index contributed by atoms with van der Waals surface area (Å²) in [6, 6.07) is 14.3. The Labute approximate surface area is 151 Å². The van der Waals surface area contributed by atoms with Gasteiger partial charge in [0.05, 0.1) is 12.2 Å². The molecule has 1 heterocycles. The van der Waals surface area contributed by atoms with E-state index in [-0.39, 0.29) is 24.5 Å². The summed E-state index contributed by atoms with van der Waals surface area (Å²) in [6.07, 6.45) is -0.263. The molecule has 0 aromatic heterocycles. The summed E-state index contributed by atoms with van der Waals surface area (Å²) in [6.45, 7) is 1.92. The first-order valence-electron chi connectivity index (χ1n) is 8.26. The van der Waals surface area contributed by atoms with Gasteiger partial charge in [0.2, 0.25) is 5.91 Å². The van der Waals surface area contributed by atoms with Crippen molar-refractivity contribution in [1.82, 2.24) is 5.32 Å². The van der Waals surface area contributed by atoms with Gasteiger partial charge in [-0.05, 0) is 24.3 Å². The molecule has 1 atom stereocenters. The second-order valence-corrected chi connectivity index (χ2v) is 5.77. The third kappa shape index (κ3) is 4.66. The number of nitrogens with one attached hydrogen (secondary N) is 2. The molecule has 26 heavy (non-hydrogen) atoms. The van der Waals surface area contributed by atoms with E-state index in [0.29, 0.717) is 36.1 Å². The average molecular weight is 356 g/mol. The van der Waals surface area contributed by atoms with Gasteiger partial charge in [0.25, 0.3) is 5.91 Å². The second kappa shape index (κ2) is 8.24. The maximum atomic E-state index is 12.0. The third-order valence-electron chi connectivity index (χ3n) is 3.65. The molecule has 0 saturated heterocycles. The standard InChI is InChI=1S/C19H20N2O5/c1-13(22)21-15-6-2-3-7-16(15)25-12-19(23)20-10-14-11-24-17-8-4-5-9-18(17)26-14/h2-9,14H,10-12H2,1H3,(H,20,23)(H,21,22)/t14-/m0/s1. The molecule has 7 heteroatoms. The Hall–Kier alpha value is -3.22. The van der Waals surface area contributed by atoms with Crippen molar-refractivity contribution in [3.8, 4) is 17.2 Å². The number of rotatable bonds is 6. The normalized spacial score (nSPS) is 15.0. The lowest BCUT2D eigenvalue weighted by Crippen LogP contribution is -2.42. The van der Waals surface area contributed by atoms with Crippen molar-refractivity contribution < 1.29 is 23.8 Å². The molecule has 0 radical (unpaired) electrons. The van der Waals surface area contributed by atoms with Crippen LogP contribution in [0.5, 0.6) is 17.2 Å². The first-order valence-corrected chi connectivity index (χ1v) is 8.26. The van der Waals surface area contributed by atoms with Gasteiger partial charge in [-0.3, -0.25) is 9.59 Å². The van der Waals surface area contributed by atoms with Gasteiger partial charge in [-0.1, -0.05) is 24.3 Å². The fourth-order valence-electron chi connectivity index (χ4n) is 2.47. The molecule has 0 bridgehead atoms. The zero-order valence-corrected chi connectivity index (χ0v) is 14.4. The zero-order chi connectivity index (χ0) is 18.4. The number of carbonyl (C=O) groups excluding carboxylic acids is 2. The fourth-order valence-corrected chi connectivity index (χ4v) is 2.47. The Balaban J connectivity index is 1.46. The summed E-state index contributed by atoms with van der Waals surface area (Å²) in [5, 5.41) is 5.42. The SMILES string of the molecule is CC(=O)Nc1ccccc1OCC(=O)NC[C@H]1COc2ccccc2O1. The number of hydrogen-bond acceptors (Lipinski definition) is 5. The topological polar surface area (TPSA) is 85.9 Å². The Morgan fingerprint density at radius 3 is 2.65 bits per heavy atom. The van der Waals surface area contributed by atoms with Crippen molar-refractivity contribution in [2.24, 2.45) is 0 Å². The van der Waals surface area contributed by atoms with E-state index in [1.54, 1.807) is 24.3 Å². The first kappa shape index (κ1) is 17.6. The van der Waals surface area contributed by atoms with Crippen LogP contribution in [0.2, 0.25) is 0 Å². The summed E-state index contributed by atoms with van der Waals surface area (Å²) in [7, 11) is 0. The molecule has 1 aliphatic heterocycles. The van der Waals surface area contributed by atoms with Crippen molar-refractivity contribution in [1.29, 1.82) is 0 Å². The fraction of sp³-hybridized carbons (Fsp3) is 0.263. The van der Waals surface area contributed by atoms with Crippen LogP contribution >= 0.6 is 0 Å². The molecule has 0 aliphatic carbocycles. The highest BCUT2D eigenvalue weighted by Gasteiger charge is 2.21. The maximum absolute atomic E-state index is 12.0. The number of fused-ring (bicyclic) bond motifs is 1. The predicted octanol–water partition coefficient (Wildman–Crippen LogP) is 1.98. The molecular weight excluding hydrogens is 336 g/mol. The zero-order valence-electron chi connectivity index (χ0n) is 14.4. The van der Waals surface area contributed by atoms with Gasteiger partial charge in [-0.25, -0.2) is 0 Å². The van der Waals surface area contributed by atoms with E-state index in [4.69, 9.17) is 14.2 Å². The molecule has 0 saturated carbocycles. The number of amides is 2. The van der Waals surface area contributed by atoms with Crippen LogP contribution in [0.4, 0.5) is 5.69 Å². The van der Waals surface area contributed by atoms with Gasteiger partial charge in [0.15, 0.2) is 18.1 Å². The Morgan fingerprint density at radius 1 is 1.12 bits per heavy atom. The molecule has 1 aliphatic rings. The summed E-state index contributed by atoms with van der Waals surface area (Å²) < 4.78 is 16.9. The van der Waals surface area contributed by atoms with Crippen LogP contribution in [-0.2, 0) is 9.59 Å². The van der Waals surface area contributed by atoms with Crippen LogP contribution in [0.3, 0.4) is 0 Å². The molecular formula is C19H20N2O5. The van der Waals surface area contributed by atoms with Gasteiger partial charge in [0.1, 0.15) is 18.5 Å². The van der Waals surface area contributed by atoms with Gasteiger partial charge in [-0.2, -0.15) is 0 Å². The number of para-hydroxylation sites is 4. The first-order chi connectivity index (χ1) is 12.6.